The first kappa shape index (κ1) is 15.9. The summed E-state index contributed by atoms with van der Waals surface area (Å²) in [5.41, 5.74) is 0. The molecule has 0 saturated heterocycles. The molecule has 0 heterocycles. The smallest absolute Gasteiger partial charge is 0.0468 e. The van der Waals surface area contributed by atoms with Gasteiger partial charge in [0.05, 0.1) is 0 Å². The summed E-state index contributed by atoms with van der Waals surface area (Å²) < 4.78 is 5.52. The average molecular weight is 230 g/mol. The Morgan fingerprint density at radius 2 is 1.62 bits per heavy atom. The largest absolute Gasteiger partial charge is 0.396 e. The fraction of sp³-hybridized carbons (Fsp3) is 1.00. The number of aliphatic hydroxyl groups is 1. The van der Waals surface area contributed by atoms with E-state index in [-0.39, 0.29) is 6.61 Å². The molecular formula is C14H30O2. The Morgan fingerprint density at radius 1 is 0.875 bits per heavy atom. The van der Waals surface area contributed by atoms with Gasteiger partial charge < -0.3 is 9.84 Å². The van der Waals surface area contributed by atoms with E-state index in [0.29, 0.717) is 0 Å². The molecule has 0 aliphatic heterocycles. The van der Waals surface area contributed by atoms with Gasteiger partial charge in [0.2, 0.25) is 0 Å². The molecule has 0 aromatic carbocycles. The van der Waals surface area contributed by atoms with Crippen molar-refractivity contribution in [2.24, 2.45) is 11.8 Å². The zero-order valence-corrected chi connectivity index (χ0v) is 11.4. The van der Waals surface area contributed by atoms with Gasteiger partial charge in [0.1, 0.15) is 0 Å². The first-order valence-corrected chi connectivity index (χ1v) is 6.85. The van der Waals surface area contributed by atoms with Crippen molar-refractivity contribution in [1.29, 1.82) is 0 Å². The number of hydrogen-bond acceptors (Lipinski definition) is 2. The van der Waals surface area contributed by atoms with Crippen LogP contribution >= 0.6 is 0 Å². The predicted molar refractivity (Wildman–Crippen MR) is 69.6 cm³/mol. The molecule has 1 atom stereocenters. The van der Waals surface area contributed by atoms with Gasteiger partial charge in [-0.15, -0.1) is 0 Å². The molecule has 98 valence electrons. The minimum absolute atomic E-state index is 0.287. The average Bonchev–Trinajstić information content (AvgIpc) is 2.22. The van der Waals surface area contributed by atoms with Gasteiger partial charge in [-0.3, -0.25) is 0 Å². The van der Waals surface area contributed by atoms with Gasteiger partial charge in [-0.1, -0.05) is 40.0 Å². The SMILES string of the molecule is CC(C)CCCC(C)CCOCCCCO. The molecule has 0 aromatic heterocycles. The van der Waals surface area contributed by atoms with E-state index in [9.17, 15) is 0 Å². The van der Waals surface area contributed by atoms with Gasteiger partial charge in [0, 0.05) is 19.8 Å². The lowest BCUT2D eigenvalue weighted by Gasteiger charge is -2.12. The zero-order chi connectivity index (χ0) is 12.2. The van der Waals surface area contributed by atoms with Gasteiger partial charge in [-0.05, 0) is 31.1 Å². The lowest BCUT2D eigenvalue weighted by atomic mass is 9.98. The summed E-state index contributed by atoms with van der Waals surface area (Å²) in [5, 5.41) is 8.60. The van der Waals surface area contributed by atoms with Crippen molar-refractivity contribution in [3.05, 3.63) is 0 Å². The topological polar surface area (TPSA) is 29.5 Å². The van der Waals surface area contributed by atoms with Crippen LogP contribution in [0, 0.1) is 11.8 Å². The van der Waals surface area contributed by atoms with Crippen LogP contribution in [0.4, 0.5) is 0 Å². The summed E-state index contributed by atoms with van der Waals surface area (Å²) in [5.74, 6) is 1.62. The van der Waals surface area contributed by atoms with Crippen LogP contribution in [0.15, 0.2) is 0 Å². The molecule has 1 unspecified atom stereocenters. The molecule has 0 rings (SSSR count). The van der Waals surface area contributed by atoms with Crippen LogP contribution < -0.4 is 0 Å². The van der Waals surface area contributed by atoms with E-state index in [2.05, 4.69) is 20.8 Å². The van der Waals surface area contributed by atoms with E-state index in [1.165, 1.54) is 25.7 Å². The Morgan fingerprint density at radius 3 is 2.25 bits per heavy atom. The van der Waals surface area contributed by atoms with E-state index in [4.69, 9.17) is 9.84 Å². The third-order valence-electron chi connectivity index (χ3n) is 2.93. The monoisotopic (exact) mass is 230 g/mol. The van der Waals surface area contributed by atoms with E-state index in [0.717, 1.165) is 37.9 Å². The van der Waals surface area contributed by atoms with Crippen LogP contribution in [0.25, 0.3) is 0 Å². The van der Waals surface area contributed by atoms with Crippen molar-refractivity contribution >= 4 is 0 Å². The molecule has 16 heavy (non-hydrogen) atoms. The van der Waals surface area contributed by atoms with E-state index < -0.39 is 0 Å². The second-order valence-corrected chi connectivity index (χ2v) is 5.26. The molecule has 0 saturated carbocycles. The highest BCUT2D eigenvalue weighted by Gasteiger charge is 2.03. The van der Waals surface area contributed by atoms with Gasteiger partial charge in [0.25, 0.3) is 0 Å². The Balaban J connectivity index is 3.14. The minimum atomic E-state index is 0.287. The Bertz CT molecular complexity index is 135. The number of rotatable bonds is 11. The number of unbranched alkanes of at least 4 members (excludes halogenated alkanes) is 1. The highest BCUT2D eigenvalue weighted by atomic mass is 16.5. The third kappa shape index (κ3) is 12.0. The molecule has 0 aromatic rings. The van der Waals surface area contributed by atoms with Crippen LogP contribution in [0.2, 0.25) is 0 Å². The quantitative estimate of drug-likeness (QED) is 0.549. The number of aliphatic hydroxyl groups excluding tert-OH is 1. The van der Waals surface area contributed by atoms with Crippen LogP contribution in [-0.4, -0.2) is 24.9 Å². The van der Waals surface area contributed by atoms with E-state index in [1.54, 1.807) is 0 Å². The van der Waals surface area contributed by atoms with Crippen molar-refractivity contribution in [3.63, 3.8) is 0 Å². The summed E-state index contributed by atoms with van der Waals surface area (Å²) in [6.45, 7) is 8.86. The minimum Gasteiger partial charge on any atom is -0.396 e. The normalized spacial score (nSPS) is 13.3. The van der Waals surface area contributed by atoms with E-state index >= 15 is 0 Å². The third-order valence-corrected chi connectivity index (χ3v) is 2.93. The second-order valence-electron chi connectivity index (χ2n) is 5.26. The van der Waals surface area contributed by atoms with Crippen LogP contribution in [0.5, 0.6) is 0 Å². The Hall–Kier alpha value is -0.0800. The van der Waals surface area contributed by atoms with Crippen molar-refractivity contribution in [2.75, 3.05) is 19.8 Å². The summed E-state index contributed by atoms with van der Waals surface area (Å²) >= 11 is 0. The van der Waals surface area contributed by atoms with Crippen LogP contribution in [0.3, 0.4) is 0 Å². The molecule has 0 amide bonds. The van der Waals surface area contributed by atoms with E-state index in [1.807, 2.05) is 0 Å². The second kappa shape index (κ2) is 11.4. The fourth-order valence-corrected chi connectivity index (χ4v) is 1.72. The summed E-state index contributed by atoms with van der Waals surface area (Å²) in [6.07, 6.45) is 7.06. The Labute approximate surface area is 101 Å². The number of hydrogen-bond donors (Lipinski definition) is 1. The van der Waals surface area contributed by atoms with Gasteiger partial charge >= 0.3 is 0 Å². The molecule has 0 radical (unpaired) electrons. The fourth-order valence-electron chi connectivity index (χ4n) is 1.72. The predicted octanol–water partition coefficient (Wildman–Crippen LogP) is 3.63. The molecule has 1 N–H and O–H groups in total. The molecule has 0 spiro atoms. The summed E-state index contributed by atoms with van der Waals surface area (Å²) in [4.78, 5) is 0. The molecule has 0 fully saturated rings. The molecule has 0 aliphatic rings. The van der Waals surface area contributed by atoms with Crippen molar-refractivity contribution < 1.29 is 9.84 Å². The zero-order valence-electron chi connectivity index (χ0n) is 11.4. The molecular weight excluding hydrogens is 200 g/mol. The van der Waals surface area contributed by atoms with Crippen molar-refractivity contribution in [3.8, 4) is 0 Å². The standard InChI is InChI=1S/C14H30O2/c1-13(2)7-6-8-14(3)9-12-16-11-5-4-10-15/h13-15H,4-12H2,1-3H3. The van der Waals surface area contributed by atoms with Gasteiger partial charge in [-0.2, -0.15) is 0 Å². The molecule has 0 aliphatic carbocycles. The van der Waals surface area contributed by atoms with Crippen LogP contribution in [0.1, 0.15) is 59.3 Å². The van der Waals surface area contributed by atoms with Gasteiger partial charge in [-0.25, -0.2) is 0 Å². The summed E-state index contributed by atoms with van der Waals surface area (Å²) in [7, 11) is 0. The maximum absolute atomic E-state index is 8.60. The highest BCUT2D eigenvalue weighted by molar-refractivity contribution is 4.55. The molecule has 2 heteroatoms. The number of ether oxygens (including phenoxy) is 1. The van der Waals surface area contributed by atoms with Crippen molar-refractivity contribution in [2.45, 2.75) is 59.3 Å². The lowest BCUT2D eigenvalue weighted by Crippen LogP contribution is -2.04. The first-order valence-electron chi connectivity index (χ1n) is 6.85. The Kier molecular flexibility index (Phi) is 11.3. The molecule has 2 nitrogen and oxygen atoms in total. The highest BCUT2D eigenvalue weighted by Crippen LogP contribution is 2.15. The van der Waals surface area contributed by atoms with Crippen molar-refractivity contribution in [1.82, 2.24) is 0 Å². The maximum atomic E-state index is 8.60. The summed E-state index contributed by atoms with van der Waals surface area (Å²) in [6, 6.07) is 0. The van der Waals surface area contributed by atoms with Crippen LogP contribution in [-0.2, 0) is 4.74 Å². The maximum Gasteiger partial charge on any atom is 0.0468 e. The first-order chi connectivity index (χ1) is 7.66. The lowest BCUT2D eigenvalue weighted by molar-refractivity contribution is 0.112. The van der Waals surface area contributed by atoms with Gasteiger partial charge in [0.15, 0.2) is 0 Å². The molecule has 0 bridgehead atoms.